The fraction of sp³-hybridized carbons (Fsp3) is 0.538. The maximum absolute atomic E-state index is 13.2. The van der Waals surface area contributed by atoms with Crippen molar-refractivity contribution < 1.29 is 17.9 Å². The zero-order valence-electron chi connectivity index (χ0n) is 10.8. The number of aryl methyl sites for hydroxylation is 1. The smallest absolute Gasteiger partial charge is 0.240 e. The number of hydrogen-bond donors (Lipinski definition) is 2. The Balaban J connectivity index is 2.13. The summed E-state index contributed by atoms with van der Waals surface area (Å²) in [6.07, 6.45) is 2.99. The molecule has 0 heterocycles. The topological polar surface area (TPSA) is 66.4 Å². The van der Waals surface area contributed by atoms with Crippen LogP contribution in [0.3, 0.4) is 0 Å². The van der Waals surface area contributed by atoms with Crippen molar-refractivity contribution in [3.05, 3.63) is 29.6 Å². The number of nitrogens with one attached hydrogen (secondary N) is 1. The van der Waals surface area contributed by atoms with Gasteiger partial charge in [0.15, 0.2) is 0 Å². The molecule has 0 aromatic heterocycles. The molecule has 106 valence electrons. The van der Waals surface area contributed by atoms with Gasteiger partial charge < -0.3 is 5.11 Å². The number of sulfonamides is 1. The summed E-state index contributed by atoms with van der Waals surface area (Å²) >= 11 is 0. The Morgan fingerprint density at radius 1 is 1.32 bits per heavy atom. The first kappa shape index (κ1) is 14.4. The summed E-state index contributed by atoms with van der Waals surface area (Å²) in [6, 6.07) is 3.65. The van der Waals surface area contributed by atoms with E-state index in [4.69, 9.17) is 0 Å². The fourth-order valence-electron chi connectivity index (χ4n) is 2.38. The standard InChI is InChI=1S/C13H18FNO3S/c1-10-6-11(14)8-12(7-10)19(17,18)15-9-13(16)4-2-3-5-13/h6-8,15-16H,2-5,9H2,1H3. The average Bonchev–Trinajstić information content (AvgIpc) is 2.73. The van der Waals surface area contributed by atoms with Crippen LogP contribution in [0.4, 0.5) is 4.39 Å². The lowest BCUT2D eigenvalue weighted by molar-refractivity contribution is 0.0532. The highest BCUT2D eigenvalue weighted by Crippen LogP contribution is 2.29. The van der Waals surface area contributed by atoms with Crippen LogP contribution in [-0.2, 0) is 10.0 Å². The molecule has 2 N–H and O–H groups in total. The molecule has 1 aliphatic rings. The molecular weight excluding hydrogens is 269 g/mol. The maximum atomic E-state index is 13.2. The minimum atomic E-state index is -3.78. The van der Waals surface area contributed by atoms with E-state index >= 15 is 0 Å². The quantitative estimate of drug-likeness (QED) is 0.886. The van der Waals surface area contributed by atoms with Crippen molar-refractivity contribution in [3.63, 3.8) is 0 Å². The lowest BCUT2D eigenvalue weighted by Crippen LogP contribution is -2.40. The molecule has 0 radical (unpaired) electrons. The molecule has 1 fully saturated rings. The highest BCUT2D eigenvalue weighted by molar-refractivity contribution is 7.89. The van der Waals surface area contributed by atoms with E-state index in [-0.39, 0.29) is 11.4 Å². The zero-order chi connectivity index (χ0) is 14.1. The van der Waals surface area contributed by atoms with E-state index in [1.54, 1.807) is 6.92 Å². The van der Waals surface area contributed by atoms with Crippen molar-refractivity contribution in [1.82, 2.24) is 4.72 Å². The van der Waals surface area contributed by atoms with Gasteiger partial charge in [-0.25, -0.2) is 17.5 Å². The SMILES string of the molecule is Cc1cc(F)cc(S(=O)(=O)NCC2(O)CCCC2)c1. The van der Waals surface area contributed by atoms with Crippen molar-refractivity contribution in [2.24, 2.45) is 0 Å². The second-order valence-electron chi connectivity index (χ2n) is 5.22. The van der Waals surface area contributed by atoms with E-state index in [9.17, 15) is 17.9 Å². The predicted molar refractivity (Wildman–Crippen MR) is 69.7 cm³/mol. The van der Waals surface area contributed by atoms with E-state index in [2.05, 4.69) is 4.72 Å². The van der Waals surface area contributed by atoms with Crippen LogP contribution in [0.1, 0.15) is 31.2 Å². The van der Waals surface area contributed by atoms with Gasteiger partial charge in [0, 0.05) is 6.54 Å². The fourth-order valence-corrected chi connectivity index (χ4v) is 3.61. The summed E-state index contributed by atoms with van der Waals surface area (Å²) in [6.45, 7) is 1.61. The lowest BCUT2D eigenvalue weighted by Gasteiger charge is -2.22. The third-order valence-electron chi connectivity index (χ3n) is 3.45. The Labute approximate surface area is 112 Å². The van der Waals surface area contributed by atoms with Crippen molar-refractivity contribution in [3.8, 4) is 0 Å². The minimum absolute atomic E-state index is 0.0229. The summed E-state index contributed by atoms with van der Waals surface area (Å²) in [5, 5.41) is 10.1. The van der Waals surface area contributed by atoms with E-state index in [0.717, 1.165) is 18.9 Å². The van der Waals surface area contributed by atoms with Gasteiger partial charge in [0.2, 0.25) is 10.0 Å². The largest absolute Gasteiger partial charge is 0.389 e. The summed E-state index contributed by atoms with van der Waals surface area (Å²) in [5.74, 6) is -0.583. The van der Waals surface area contributed by atoms with Crippen molar-refractivity contribution >= 4 is 10.0 Å². The monoisotopic (exact) mass is 287 g/mol. The van der Waals surface area contributed by atoms with Gasteiger partial charge in [0.1, 0.15) is 5.82 Å². The normalized spacial score (nSPS) is 18.7. The predicted octanol–water partition coefficient (Wildman–Crippen LogP) is 1.72. The number of halogens is 1. The first-order chi connectivity index (χ1) is 8.81. The third-order valence-corrected chi connectivity index (χ3v) is 4.83. The molecule has 0 aliphatic heterocycles. The summed E-state index contributed by atoms with van der Waals surface area (Å²) in [5.41, 5.74) is -0.421. The maximum Gasteiger partial charge on any atom is 0.240 e. The highest BCUT2D eigenvalue weighted by Gasteiger charge is 2.32. The Bertz CT molecular complexity index is 545. The van der Waals surface area contributed by atoms with E-state index in [1.165, 1.54) is 12.1 Å². The first-order valence-electron chi connectivity index (χ1n) is 6.30. The van der Waals surface area contributed by atoms with Gasteiger partial charge in [-0.1, -0.05) is 12.8 Å². The molecule has 0 spiro atoms. The van der Waals surface area contributed by atoms with Crippen LogP contribution in [-0.4, -0.2) is 25.7 Å². The van der Waals surface area contributed by atoms with Gasteiger partial charge in [-0.3, -0.25) is 0 Å². The van der Waals surface area contributed by atoms with E-state index < -0.39 is 21.4 Å². The van der Waals surface area contributed by atoms with Crippen LogP contribution < -0.4 is 4.72 Å². The molecule has 0 atom stereocenters. The van der Waals surface area contributed by atoms with Crippen molar-refractivity contribution in [2.45, 2.75) is 43.1 Å². The Morgan fingerprint density at radius 2 is 1.95 bits per heavy atom. The van der Waals surface area contributed by atoms with Crippen LogP contribution >= 0.6 is 0 Å². The summed E-state index contributed by atoms with van der Waals surface area (Å²) < 4.78 is 39.7. The Kier molecular flexibility index (Phi) is 3.94. The third kappa shape index (κ3) is 3.52. The summed E-state index contributed by atoms with van der Waals surface area (Å²) in [4.78, 5) is -0.105. The molecule has 2 rings (SSSR count). The molecule has 0 amide bonds. The van der Waals surface area contributed by atoms with Crippen LogP contribution in [0.25, 0.3) is 0 Å². The van der Waals surface area contributed by atoms with Gasteiger partial charge in [-0.05, 0) is 43.5 Å². The summed E-state index contributed by atoms with van der Waals surface area (Å²) in [7, 11) is -3.78. The van der Waals surface area contributed by atoms with Gasteiger partial charge in [-0.15, -0.1) is 0 Å². The van der Waals surface area contributed by atoms with Gasteiger partial charge in [-0.2, -0.15) is 0 Å². The second-order valence-corrected chi connectivity index (χ2v) is 6.99. The molecular formula is C13H18FNO3S. The molecule has 1 aliphatic carbocycles. The number of benzene rings is 1. The van der Waals surface area contributed by atoms with E-state index in [1.807, 2.05) is 0 Å². The Morgan fingerprint density at radius 3 is 2.53 bits per heavy atom. The molecule has 1 aromatic rings. The molecule has 19 heavy (non-hydrogen) atoms. The molecule has 1 aromatic carbocycles. The molecule has 6 heteroatoms. The van der Waals surface area contributed by atoms with Crippen LogP contribution in [0.5, 0.6) is 0 Å². The van der Waals surface area contributed by atoms with Crippen molar-refractivity contribution in [1.29, 1.82) is 0 Å². The second kappa shape index (κ2) is 5.19. The van der Waals surface area contributed by atoms with Crippen LogP contribution in [0.2, 0.25) is 0 Å². The first-order valence-corrected chi connectivity index (χ1v) is 7.78. The minimum Gasteiger partial charge on any atom is -0.389 e. The lowest BCUT2D eigenvalue weighted by atomic mass is 10.0. The number of hydrogen-bond acceptors (Lipinski definition) is 3. The van der Waals surface area contributed by atoms with E-state index in [0.29, 0.717) is 18.4 Å². The van der Waals surface area contributed by atoms with Crippen LogP contribution in [0, 0.1) is 12.7 Å². The molecule has 0 saturated heterocycles. The number of rotatable bonds is 4. The van der Waals surface area contributed by atoms with Crippen LogP contribution in [0.15, 0.2) is 23.1 Å². The van der Waals surface area contributed by atoms with Crippen molar-refractivity contribution in [2.75, 3.05) is 6.54 Å². The molecule has 0 unspecified atom stereocenters. The number of aliphatic hydroxyl groups is 1. The zero-order valence-corrected chi connectivity index (χ0v) is 11.6. The molecule has 0 bridgehead atoms. The molecule has 4 nitrogen and oxygen atoms in total. The highest BCUT2D eigenvalue weighted by atomic mass is 32.2. The Hall–Kier alpha value is -0.980. The average molecular weight is 287 g/mol. The van der Waals surface area contributed by atoms with Gasteiger partial charge in [0.25, 0.3) is 0 Å². The van der Waals surface area contributed by atoms with Gasteiger partial charge >= 0.3 is 0 Å². The van der Waals surface area contributed by atoms with Gasteiger partial charge in [0.05, 0.1) is 10.5 Å². The molecule has 1 saturated carbocycles.